The molecule has 0 spiro atoms. The van der Waals surface area contributed by atoms with Crippen molar-refractivity contribution in [3.05, 3.63) is 46.6 Å². The topological polar surface area (TPSA) is 100 Å². The summed E-state index contributed by atoms with van der Waals surface area (Å²) in [7, 11) is -2.72. The van der Waals surface area contributed by atoms with E-state index in [0.29, 0.717) is 0 Å². The lowest BCUT2D eigenvalue weighted by molar-refractivity contribution is 0.373. The Balaban J connectivity index is 2.11. The number of ether oxygens (including phenoxy) is 1. The van der Waals surface area contributed by atoms with E-state index in [1.165, 1.54) is 24.3 Å². The van der Waals surface area contributed by atoms with Gasteiger partial charge in [0.2, 0.25) is 0 Å². The van der Waals surface area contributed by atoms with Crippen LogP contribution in [0, 0.1) is 0 Å². The minimum atomic E-state index is -2.72. The molecule has 0 unspecified atom stereocenters. The maximum atomic E-state index is 12.2. The van der Waals surface area contributed by atoms with E-state index in [1.807, 2.05) is 0 Å². The van der Waals surface area contributed by atoms with E-state index >= 15 is 0 Å². The fourth-order valence-corrected chi connectivity index (χ4v) is 2.15. The molecule has 0 amide bonds. The van der Waals surface area contributed by atoms with Crippen LogP contribution in [-0.2, 0) is 0 Å². The van der Waals surface area contributed by atoms with Gasteiger partial charge < -0.3 is 24.5 Å². The van der Waals surface area contributed by atoms with E-state index < -0.39 is 24.0 Å². The Morgan fingerprint density at radius 1 is 1.09 bits per heavy atom. The van der Waals surface area contributed by atoms with Crippen LogP contribution in [0.15, 0.2) is 45.6 Å². The molecular formula is C16H12O6. The Morgan fingerprint density at radius 2 is 1.91 bits per heavy atom. The van der Waals surface area contributed by atoms with Crippen LogP contribution < -0.4 is 10.2 Å². The van der Waals surface area contributed by atoms with Crippen molar-refractivity contribution >= 4 is 11.0 Å². The van der Waals surface area contributed by atoms with Gasteiger partial charge in [-0.25, -0.2) is 0 Å². The smallest absolute Gasteiger partial charge is 0.197 e. The first kappa shape index (κ1) is 10.6. The number of rotatable bonds is 2. The number of hydrogen-bond acceptors (Lipinski definition) is 6. The van der Waals surface area contributed by atoms with E-state index in [0.717, 1.165) is 12.1 Å². The van der Waals surface area contributed by atoms with Crippen LogP contribution >= 0.6 is 0 Å². The second-order valence-electron chi connectivity index (χ2n) is 4.60. The van der Waals surface area contributed by atoms with Gasteiger partial charge in [0.05, 0.1) is 11.2 Å². The summed E-state index contributed by atoms with van der Waals surface area (Å²) in [5, 5.41) is 29.1. The third-order valence-corrected chi connectivity index (χ3v) is 3.15. The Hall–Kier alpha value is -3.15. The largest absolute Gasteiger partial charge is 0.508 e. The van der Waals surface area contributed by atoms with E-state index in [1.54, 1.807) is 0 Å². The Morgan fingerprint density at radius 3 is 2.64 bits per heavy atom. The number of hydrogen-bond donors (Lipinski definition) is 3. The van der Waals surface area contributed by atoms with Crippen LogP contribution in [-0.4, -0.2) is 22.4 Å². The van der Waals surface area contributed by atoms with E-state index in [9.17, 15) is 20.1 Å². The highest BCUT2D eigenvalue weighted by molar-refractivity contribution is 5.86. The minimum Gasteiger partial charge on any atom is -0.508 e. The van der Waals surface area contributed by atoms with Crippen LogP contribution in [0.4, 0.5) is 0 Å². The van der Waals surface area contributed by atoms with Gasteiger partial charge in [-0.1, -0.05) is 0 Å². The lowest BCUT2D eigenvalue weighted by atomic mass is 10.1. The molecule has 6 heteroatoms. The zero-order valence-corrected chi connectivity index (χ0v) is 11.0. The lowest BCUT2D eigenvalue weighted by Gasteiger charge is -2.07. The predicted molar refractivity (Wildman–Crippen MR) is 79.5 cm³/mol. The summed E-state index contributed by atoms with van der Waals surface area (Å²) in [5.74, 6) is -1.34. The van der Waals surface area contributed by atoms with Gasteiger partial charge in [0.1, 0.15) is 28.2 Å². The normalized spacial score (nSPS) is 13.4. The van der Waals surface area contributed by atoms with Crippen molar-refractivity contribution < 1.29 is 28.6 Å². The molecule has 3 rings (SSSR count). The third kappa shape index (κ3) is 2.20. The number of methoxy groups -OCH3 is 1. The summed E-state index contributed by atoms with van der Waals surface area (Å²) in [6.07, 6.45) is 0. The molecule has 2 aromatic carbocycles. The Bertz CT molecular complexity index is 1020. The minimum absolute atomic E-state index is 0.0395. The summed E-state index contributed by atoms with van der Waals surface area (Å²) in [5.41, 5.74) is -0.310. The molecular weight excluding hydrogens is 289 g/mol. The molecule has 6 nitrogen and oxygen atoms in total. The molecule has 112 valence electrons. The molecule has 0 radical (unpaired) electrons. The van der Waals surface area contributed by atoms with Crippen LogP contribution in [0.3, 0.4) is 0 Å². The van der Waals surface area contributed by atoms with E-state index in [2.05, 4.69) is 4.74 Å². The lowest BCUT2D eigenvalue weighted by Crippen LogP contribution is -2.00. The molecule has 0 aliphatic carbocycles. The third-order valence-electron chi connectivity index (χ3n) is 3.15. The zero-order chi connectivity index (χ0) is 18.4. The van der Waals surface area contributed by atoms with Crippen molar-refractivity contribution in [1.29, 1.82) is 0 Å². The van der Waals surface area contributed by atoms with Gasteiger partial charge in [-0.2, -0.15) is 0 Å². The average Bonchev–Trinajstić information content (AvgIpc) is 2.46. The summed E-state index contributed by atoms with van der Waals surface area (Å²) < 4.78 is 31.2. The summed E-state index contributed by atoms with van der Waals surface area (Å²) in [6, 6.07) is 7.10. The maximum absolute atomic E-state index is 12.2. The van der Waals surface area contributed by atoms with E-state index in [-0.39, 0.29) is 33.8 Å². The maximum Gasteiger partial charge on any atom is 0.197 e. The van der Waals surface area contributed by atoms with Gasteiger partial charge in [0.25, 0.3) is 0 Å². The molecule has 1 aromatic heterocycles. The van der Waals surface area contributed by atoms with Gasteiger partial charge >= 0.3 is 0 Å². The van der Waals surface area contributed by atoms with Crippen LogP contribution in [0.2, 0.25) is 0 Å². The van der Waals surface area contributed by atoms with Gasteiger partial charge in [0.15, 0.2) is 16.9 Å². The number of phenolic OH excluding ortho intramolecular Hbond substituents is 3. The van der Waals surface area contributed by atoms with Crippen molar-refractivity contribution in [2.75, 3.05) is 7.04 Å². The molecule has 3 aromatic rings. The SMILES string of the molecule is [2H][13C]([2H])([2H])Oc1ccc(-c2cc(=O)c3c(O)cc(O)cc3o2)cc1O. The highest BCUT2D eigenvalue weighted by Gasteiger charge is 2.13. The molecule has 22 heavy (non-hydrogen) atoms. The second kappa shape index (κ2) is 5.00. The Kier molecular flexibility index (Phi) is 2.40. The van der Waals surface area contributed by atoms with Crippen molar-refractivity contribution in [3.8, 4) is 34.3 Å². The standard InChI is InChI=1S/C16H12O6/c1-21-13-3-2-8(4-10(13)18)14-7-12(20)16-11(19)5-9(17)6-15(16)22-14/h2-7,17-19H,1H3/i1+1D3. The zero-order valence-electron chi connectivity index (χ0n) is 14.0. The van der Waals surface area contributed by atoms with Crippen molar-refractivity contribution in [2.45, 2.75) is 0 Å². The molecule has 0 saturated heterocycles. The predicted octanol–water partition coefficient (Wildman–Crippen LogP) is 2.59. The van der Waals surface area contributed by atoms with Gasteiger partial charge in [-0.05, 0) is 18.2 Å². The molecule has 0 aliphatic rings. The van der Waals surface area contributed by atoms with Gasteiger partial charge in [-0.3, -0.25) is 4.79 Å². The summed E-state index contributed by atoms with van der Waals surface area (Å²) in [6.45, 7) is 0. The molecule has 0 fully saturated rings. The number of fused-ring (bicyclic) bond motifs is 1. The summed E-state index contributed by atoms with van der Waals surface area (Å²) >= 11 is 0. The van der Waals surface area contributed by atoms with E-state index in [4.69, 9.17) is 8.53 Å². The highest BCUT2D eigenvalue weighted by Crippen LogP contribution is 2.34. The van der Waals surface area contributed by atoms with Crippen LogP contribution in [0.5, 0.6) is 23.0 Å². The van der Waals surface area contributed by atoms with Crippen molar-refractivity contribution in [2.24, 2.45) is 0 Å². The van der Waals surface area contributed by atoms with Crippen molar-refractivity contribution in [3.63, 3.8) is 0 Å². The number of aromatic hydroxyl groups is 3. The number of phenols is 3. The molecule has 0 atom stereocenters. The monoisotopic (exact) mass is 304 g/mol. The van der Waals surface area contributed by atoms with Crippen molar-refractivity contribution in [1.82, 2.24) is 0 Å². The first-order valence-electron chi connectivity index (χ1n) is 7.66. The molecule has 0 bridgehead atoms. The van der Waals surface area contributed by atoms with Gasteiger partial charge in [0, 0.05) is 23.8 Å². The fourth-order valence-electron chi connectivity index (χ4n) is 2.15. The molecule has 0 saturated carbocycles. The molecule has 0 aliphatic heterocycles. The first-order valence-corrected chi connectivity index (χ1v) is 6.16. The highest BCUT2D eigenvalue weighted by atomic mass is 16.5. The molecule has 3 N–H and O–H groups in total. The first-order chi connectivity index (χ1) is 11.6. The molecule has 1 heterocycles. The average molecular weight is 304 g/mol. The van der Waals surface area contributed by atoms with Crippen LogP contribution in [0.1, 0.15) is 4.11 Å². The summed E-state index contributed by atoms with van der Waals surface area (Å²) in [4.78, 5) is 12.2. The quantitative estimate of drug-likeness (QED) is 0.629. The number of benzene rings is 2. The second-order valence-corrected chi connectivity index (χ2v) is 4.60. The fraction of sp³-hybridized carbons (Fsp3) is 0.0625. The van der Waals surface area contributed by atoms with Gasteiger partial charge in [-0.15, -0.1) is 0 Å². The Labute approximate surface area is 128 Å². The van der Waals surface area contributed by atoms with Crippen LogP contribution in [0.25, 0.3) is 22.3 Å².